The predicted molar refractivity (Wildman–Crippen MR) is 62.4 cm³/mol. The topological polar surface area (TPSA) is 107 Å². The zero-order valence-corrected chi connectivity index (χ0v) is 11.6. The quantitative estimate of drug-likeness (QED) is 0.422. The molecule has 1 atom stereocenters. The maximum Gasteiger partial charge on any atom is 0.402 e. The fourth-order valence-electron chi connectivity index (χ4n) is 0.858. The van der Waals surface area contributed by atoms with Crippen LogP contribution in [0, 0.1) is 0 Å². The van der Waals surface area contributed by atoms with Gasteiger partial charge in [-0.05, 0) is 13.8 Å². The molecule has 1 N–H and O–H groups in total. The Morgan fingerprint density at radius 1 is 1.40 bits per heavy atom. The standard InChI is InChI=1S/C10H14F2O7S/c1-6(2)9(14)19-7(3)4-8(13)18-5-10(11,12)20(15,16)17/h7H,1,4-5H2,2-3H3,(H,15,16,17). The van der Waals surface area contributed by atoms with E-state index < -0.39 is 46.4 Å². The third-order valence-electron chi connectivity index (χ3n) is 1.89. The summed E-state index contributed by atoms with van der Waals surface area (Å²) in [6.07, 6.45) is -1.52. The summed E-state index contributed by atoms with van der Waals surface area (Å²) in [4.78, 5) is 22.2. The van der Waals surface area contributed by atoms with Crippen LogP contribution in [0.3, 0.4) is 0 Å². The van der Waals surface area contributed by atoms with E-state index in [9.17, 15) is 26.8 Å². The number of carbonyl (C=O) groups excluding carboxylic acids is 2. The van der Waals surface area contributed by atoms with Crippen molar-refractivity contribution in [3.8, 4) is 0 Å². The lowest BCUT2D eigenvalue weighted by molar-refractivity contribution is -0.155. The summed E-state index contributed by atoms with van der Waals surface area (Å²) in [6, 6.07) is 0. The third-order valence-corrected chi connectivity index (χ3v) is 2.76. The highest BCUT2D eigenvalue weighted by Crippen LogP contribution is 2.20. The molecule has 0 aliphatic carbocycles. The second kappa shape index (κ2) is 6.75. The normalized spacial score (nSPS) is 13.4. The van der Waals surface area contributed by atoms with E-state index in [0.717, 1.165) is 0 Å². The fourth-order valence-corrected chi connectivity index (χ4v) is 1.07. The highest BCUT2D eigenvalue weighted by atomic mass is 32.2. The van der Waals surface area contributed by atoms with Crippen LogP contribution in [0.4, 0.5) is 8.78 Å². The molecule has 0 fully saturated rings. The fraction of sp³-hybridized carbons (Fsp3) is 0.600. The molecular formula is C10H14F2O7S. The van der Waals surface area contributed by atoms with Crippen LogP contribution in [-0.2, 0) is 29.2 Å². The Morgan fingerprint density at radius 3 is 2.30 bits per heavy atom. The molecule has 0 rings (SSSR count). The minimum Gasteiger partial charge on any atom is -0.459 e. The Morgan fingerprint density at radius 2 is 1.90 bits per heavy atom. The van der Waals surface area contributed by atoms with E-state index in [1.165, 1.54) is 13.8 Å². The first-order chi connectivity index (χ1) is 8.86. The summed E-state index contributed by atoms with van der Waals surface area (Å²) in [7, 11) is -5.66. The summed E-state index contributed by atoms with van der Waals surface area (Å²) in [5.41, 5.74) is 0.0862. The summed E-state index contributed by atoms with van der Waals surface area (Å²) in [5, 5.41) is -4.60. The molecule has 0 spiro atoms. The van der Waals surface area contributed by atoms with Gasteiger partial charge in [-0.3, -0.25) is 9.35 Å². The molecule has 0 aromatic heterocycles. The van der Waals surface area contributed by atoms with Gasteiger partial charge in [0.2, 0.25) is 0 Å². The van der Waals surface area contributed by atoms with Crippen molar-refractivity contribution in [1.29, 1.82) is 0 Å². The molecule has 0 radical (unpaired) electrons. The summed E-state index contributed by atoms with van der Waals surface area (Å²) in [6.45, 7) is 4.15. The van der Waals surface area contributed by atoms with Crippen LogP contribution >= 0.6 is 0 Å². The lowest BCUT2D eigenvalue weighted by Crippen LogP contribution is -2.35. The SMILES string of the molecule is C=C(C)C(=O)OC(C)CC(=O)OCC(F)(F)S(=O)(=O)O. The van der Waals surface area contributed by atoms with Crippen LogP contribution < -0.4 is 0 Å². The van der Waals surface area contributed by atoms with Crippen LogP contribution in [0.15, 0.2) is 12.2 Å². The number of rotatable bonds is 7. The van der Waals surface area contributed by atoms with Gasteiger partial charge in [0.05, 0.1) is 6.42 Å². The second-order valence-electron chi connectivity index (χ2n) is 3.97. The summed E-state index contributed by atoms with van der Waals surface area (Å²) in [5.74, 6) is -1.98. The third kappa shape index (κ3) is 6.06. The molecule has 0 aliphatic heterocycles. The van der Waals surface area contributed by atoms with Crippen molar-refractivity contribution in [2.24, 2.45) is 0 Å². The maximum atomic E-state index is 12.7. The molecule has 0 amide bonds. The van der Waals surface area contributed by atoms with Crippen molar-refractivity contribution in [2.75, 3.05) is 6.61 Å². The van der Waals surface area contributed by atoms with E-state index in [2.05, 4.69) is 16.1 Å². The average Bonchev–Trinajstić information content (AvgIpc) is 2.24. The Bertz CT molecular complexity index is 498. The lowest BCUT2D eigenvalue weighted by Gasteiger charge is -2.15. The van der Waals surface area contributed by atoms with E-state index in [0.29, 0.717) is 0 Å². The molecule has 1 unspecified atom stereocenters. The van der Waals surface area contributed by atoms with E-state index in [1.807, 2.05) is 0 Å². The van der Waals surface area contributed by atoms with Crippen LogP contribution in [0.1, 0.15) is 20.3 Å². The maximum absolute atomic E-state index is 12.7. The zero-order valence-electron chi connectivity index (χ0n) is 10.8. The first kappa shape index (κ1) is 18.4. The van der Waals surface area contributed by atoms with Gasteiger partial charge in [-0.25, -0.2) is 4.79 Å². The van der Waals surface area contributed by atoms with Crippen molar-refractivity contribution in [3.63, 3.8) is 0 Å². The van der Waals surface area contributed by atoms with Gasteiger partial charge in [0.1, 0.15) is 6.10 Å². The van der Waals surface area contributed by atoms with Gasteiger partial charge in [-0.2, -0.15) is 17.2 Å². The smallest absolute Gasteiger partial charge is 0.402 e. The monoisotopic (exact) mass is 316 g/mol. The molecule has 116 valence electrons. The van der Waals surface area contributed by atoms with Gasteiger partial charge in [-0.15, -0.1) is 0 Å². The van der Waals surface area contributed by atoms with E-state index in [4.69, 9.17) is 4.55 Å². The van der Waals surface area contributed by atoms with Crippen molar-refractivity contribution in [3.05, 3.63) is 12.2 Å². The molecule has 0 heterocycles. The Kier molecular flexibility index (Phi) is 6.23. The number of halogens is 2. The lowest BCUT2D eigenvalue weighted by atomic mass is 10.3. The number of hydrogen-bond acceptors (Lipinski definition) is 6. The molecule has 0 saturated carbocycles. The van der Waals surface area contributed by atoms with Gasteiger partial charge in [0, 0.05) is 5.57 Å². The van der Waals surface area contributed by atoms with Crippen molar-refractivity contribution < 1.29 is 40.8 Å². The van der Waals surface area contributed by atoms with Crippen LogP contribution in [0.2, 0.25) is 0 Å². The highest BCUT2D eigenvalue weighted by Gasteiger charge is 2.45. The minimum atomic E-state index is -5.66. The molecule has 0 bridgehead atoms. The zero-order chi connectivity index (χ0) is 16.1. The first-order valence-electron chi connectivity index (χ1n) is 5.24. The molecule has 0 aliphatic rings. The van der Waals surface area contributed by atoms with Crippen LogP contribution in [0.5, 0.6) is 0 Å². The van der Waals surface area contributed by atoms with E-state index in [-0.39, 0.29) is 5.57 Å². The number of carbonyl (C=O) groups is 2. The van der Waals surface area contributed by atoms with E-state index in [1.54, 1.807) is 0 Å². The van der Waals surface area contributed by atoms with Gasteiger partial charge >= 0.3 is 27.3 Å². The minimum absolute atomic E-state index is 0.0862. The summed E-state index contributed by atoms with van der Waals surface area (Å²) >= 11 is 0. The molecule has 10 heteroatoms. The van der Waals surface area contributed by atoms with Gasteiger partial charge < -0.3 is 9.47 Å². The van der Waals surface area contributed by atoms with Crippen LogP contribution in [-0.4, -0.2) is 42.9 Å². The van der Waals surface area contributed by atoms with Crippen molar-refractivity contribution in [2.45, 2.75) is 31.6 Å². The van der Waals surface area contributed by atoms with Gasteiger partial charge in [0.15, 0.2) is 6.61 Å². The summed E-state index contributed by atoms with van der Waals surface area (Å²) < 4.78 is 62.8. The molecular weight excluding hydrogens is 302 g/mol. The number of esters is 2. The molecule has 7 nitrogen and oxygen atoms in total. The molecule has 0 saturated heterocycles. The number of hydrogen-bond donors (Lipinski definition) is 1. The number of alkyl halides is 2. The van der Waals surface area contributed by atoms with Gasteiger partial charge in [-0.1, -0.05) is 6.58 Å². The first-order valence-corrected chi connectivity index (χ1v) is 6.68. The van der Waals surface area contributed by atoms with Crippen molar-refractivity contribution in [1.82, 2.24) is 0 Å². The Labute approximate surface area is 114 Å². The van der Waals surface area contributed by atoms with Crippen LogP contribution in [0.25, 0.3) is 0 Å². The second-order valence-corrected chi connectivity index (χ2v) is 5.52. The van der Waals surface area contributed by atoms with Gasteiger partial charge in [0.25, 0.3) is 0 Å². The molecule has 20 heavy (non-hydrogen) atoms. The largest absolute Gasteiger partial charge is 0.459 e. The molecule has 0 aromatic carbocycles. The Balaban J connectivity index is 4.32. The highest BCUT2D eigenvalue weighted by molar-refractivity contribution is 7.86. The average molecular weight is 316 g/mol. The number of ether oxygens (including phenoxy) is 2. The predicted octanol–water partition coefficient (Wildman–Crippen LogP) is 0.908. The molecule has 0 aromatic rings. The van der Waals surface area contributed by atoms with Crippen molar-refractivity contribution >= 4 is 22.1 Å². The van der Waals surface area contributed by atoms with E-state index >= 15 is 0 Å². The Hall–Kier alpha value is -1.55.